The molecule has 0 N–H and O–H groups in total. The van der Waals surface area contributed by atoms with Crippen molar-refractivity contribution < 1.29 is 31.3 Å². The van der Waals surface area contributed by atoms with E-state index in [9.17, 15) is 0 Å². The fraction of sp³-hybridized carbons (Fsp3) is 0.235. The first-order valence-electron chi connectivity index (χ1n) is 5.84. The molecule has 3 nitrogen and oxygen atoms in total. The third-order valence-electron chi connectivity index (χ3n) is 2.90. The summed E-state index contributed by atoms with van der Waals surface area (Å²) >= 11 is 0. The van der Waals surface area contributed by atoms with Crippen molar-refractivity contribution in [3.05, 3.63) is 81.8 Å². The third-order valence-corrected chi connectivity index (χ3v) is 2.90. The SMILES string of the molecule is C=CCC[C]1[CH][CH][CH][C]2CCC(=C)[C]12.[C-]#[O+].[C-]#[O+].[C-]#[O+].[Cr]. The van der Waals surface area contributed by atoms with Crippen molar-refractivity contribution in [2.45, 2.75) is 25.7 Å². The molecule has 2 aliphatic rings. The molecule has 21 heavy (non-hydrogen) atoms. The summed E-state index contributed by atoms with van der Waals surface area (Å²) in [5.74, 6) is 4.37. The molecule has 0 aromatic carbocycles. The normalized spacial score (nSPS) is 17.1. The van der Waals surface area contributed by atoms with E-state index >= 15 is 0 Å². The molecule has 0 aliphatic heterocycles. The molecule has 0 saturated heterocycles. The summed E-state index contributed by atoms with van der Waals surface area (Å²) in [7, 11) is 0. The van der Waals surface area contributed by atoms with Crippen LogP contribution in [-0.2, 0) is 31.3 Å². The molecule has 0 aromatic rings. The van der Waals surface area contributed by atoms with E-state index in [4.69, 9.17) is 14.0 Å². The van der Waals surface area contributed by atoms with Gasteiger partial charge in [-0.2, -0.15) is 0 Å². The number of allylic oxidation sites excluding steroid dienone is 2. The van der Waals surface area contributed by atoms with Gasteiger partial charge in [-0.05, 0) is 56.8 Å². The number of rotatable bonds is 3. The Bertz CT molecular complexity index is 329. The van der Waals surface area contributed by atoms with E-state index in [1.165, 1.54) is 29.7 Å². The summed E-state index contributed by atoms with van der Waals surface area (Å²) in [5.41, 5.74) is 1.32. The first kappa shape index (κ1) is 25.2. The van der Waals surface area contributed by atoms with Gasteiger partial charge in [-0.25, -0.2) is 0 Å². The summed E-state index contributed by atoms with van der Waals surface area (Å²) in [5, 5.41) is 0. The zero-order chi connectivity index (χ0) is 16.0. The average Bonchev–Trinajstić information content (AvgIpc) is 2.93. The van der Waals surface area contributed by atoms with Crippen molar-refractivity contribution in [2.24, 2.45) is 0 Å². The minimum absolute atomic E-state index is 0. The molecular formula is C17H16CrO3. The molecule has 108 valence electrons. The van der Waals surface area contributed by atoms with Crippen LogP contribution in [0.2, 0.25) is 0 Å². The minimum atomic E-state index is 0. The second-order valence-electron chi connectivity index (χ2n) is 3.88. The van der Waals surface area contributed by atoms with Crippen LogP contribution in [-0.4, -0.2) is 0 Å². The van der Waals surface area contributed by atoms with Crippen molar-refractivity contribution in [2.75, 3.05) is 0 Å². The van der Waals surface area contributed by atoms with Gasteiger partial charge in [0.05, 0.1) is 0 Å². The molecule has 0 amide bonds. The van der Waals surface area contributed by atoms with Gasteiger partial charge in [0.2, 0.25) is 0 Å². The molecule has 0 bridgehead atoms. The maximum Gasteiger partial charge on any atom is 0 e. The van der Waals surface area contributed by atoms with E-state index in [-0.39, 0.29) is 17.4 Å². The molecule has 2 rings (SSSR count). The second kappa shape index (κ2) is 17.3. The first-order chi connectivity index (χ1) is 9.83. The number of hydrogen-bond acceptors (Lipinski definition) is 0. The Kier molecular flexibility index (Phi) is 20.7. The van der Waals surface area contributed by atoms with Crippen LogP contribution in [0.1, 0.15) is 25.7 Å². The molecule has 6 radical (unpaired) electrons. The fourth-order valence-corrected chi connectivity index (χ4v) is 2.19. The van der Waals surface area contributed by atoms with Gasteiger partial charge in [0.25, 0.3) is 0 Å². The predicted molar refractivity (Wildman–Crippen MR) is 72.2 cm³/mol. The van der Waals surface area contributed by atoms with Crippen LogP contribution in [0.4, 0.5) is 0 Å². The Balaban J connectivity index is -0.000000414. The zero-order valence-corrected chi connectivity index (χ0v) is 13.0. The van der Waals surface area contributed by atoms with E-state index in [0.29, 0.717) is 0 Å². The second-order valence-corrected chi connectivity index (χ2v) is 3.88. The number of fused-ring (bicyclic) bond motifs is 1. The zero-order valence-electron chi connectivity index (χ0n) is 11.7. The van der Waals surface area contributed by atoms with Crippen LogP contribution in [0.15, 0.2) is 24.8 Å². The van der Waals surface area contributed by atoms with Crippen molar-refractivity contribution in [1.82, 2.24) is 0 Å². The Morgan fingerprint density at radius 1 is 1.05 bits per heavy atom. The van der Waals surface area contributed by atoms with Crippen LogP contribution in [0.3, 0.4) is 0 Å². The van der Waals surface area contributed by atoms with Gasteiger partial charge < -0.3 is 0 Å². The quantitative estimate of drug-likeness (QED) is 0.434. The van der Waals surface area contributed by atoms with E-state index < -0.39 is 0 Å². The smallest absolute Gasteiger partial charge is 0 e. The summed E-state index contributed by atoms with van der Waals surface area (Å²) < 4.78 is 22.5. The van der Waals surface area contributed by atoms with Crippen LogP contribution in [0.5, 0.6) is 0 Å². The van der Waals surface area contributed by atoms with Gasteiger partial charge in [-0.3, -0.25) is 0 Å². The van der Waals surface area contributed by atoms with Gasteiger partial charge in [-0.1, -0.05) is 18.2 Å². The van der Waals surface area contributed by atoms with Gasteiger partial charge in [0.1, 0.15) is 0 Å². The van der Waals surface area contributed by atoms with Gasteiger partial charge in [-0.15, -0.1) is 6.58 Å². The van der Waals surface area contributed by atoms with E-state index in [1.807, 2.05) is 6.08 Å². The van der Waals surface area contributed by atoms with Gasteiger partial charge in [0.15, 0.2) is 0 Å². The molecule has 0 heterocycles. The molecule has 0 unspecified atom stereocenters. The molecule has 4 heteroatoms. The molecule has 2 saturated carbocycles. The summed E-state index contributed by atoms with van der Waals surface area (Å²) in [6.07, 6.45) is 13.1. The van der Waals surface area contributed by atoms with Crippen LogP contribution >= 0.6 is 0 Å². The van der Waals surface area contributed by atoms with Crippen molar-refractivity contribution >= 4 is 0 Å². The van der Waals surface area contributed by atoms with E-state index in [2.05, 4.69) is 52.4 Å². The molecule has 0 spiro atoms. The summed E-state index contributed by atoms with van der Waals surface area (Å²) in [6.45, 7) is 21.4. The van der Waals surface area contributed by atoms with E-state index in [1.54, 1.807) is 0 Å². The third kappa shape index (κ3) is 8.30. The molecular weight excluding hydrogens is 304 g/mol. The summed E-state index contributed by atoms with van der Waals surface area (Å²) in [4.78, 5) is 0. The molecule has 2 fully saturated rings. The Hall–Kier alpha value is -0.768. The largest absolute Gasteiger partial charge is 0 e. The Morgan fingerprint density at radius 2 is 1.62 bits per heavy atom. The summed E-state index contributed by atoms with van der Waals surface area (Å²) in [6, 6.07) is 0. The molecule has 0 atom stereocenters. The van der Waals surface area contributed by atoms with Crippen LogP contribution in [0.25, 0.3) is 0 Å². The minimum Gasteiger partial charge on any atom is 0 e. The topological polar surface area (TPSA) is 59.7 Å². The first-order valence-corrected chi connectivity index (χ1v) is 5.84. The van der Waals surface area contributed by atoms with Gasteiger partial charge >= 0.3 is 33.9 Å². The maximum absolute atomic E-state index is 7.50. The molecule has 2 aliphatic carbocycles. The van der Waals surface area contributed by atoms with Crippen LogP contribution in [0, 0.1) is 57.0 Å². The predicted octanol–water partition coefficient (Wildman–Crippen LogP) is 3.54. The Morgan fingerprint density at radius 3 is 2.14 bits per heavy atom. The number of hydrogen-bond donors (Lipinski definition) is 0. The monoisotopic (exact) mass is 320 g/mol. The van der Waals surface area contributed by atoms with Crippen LogP contribution < -0.4 is 0 Å². The fourth-order valence-electron chi connectivity index (χ4n) is 2.19. The Labute approximate surface area is 139 Å². The molecule has 0 aromatic heterocycles. The van der Waals surface area contributed by atoms with E-state index in [0.717, 1.165) is 19.3 Å². The van der Waals surface area contributed by atoms with Crippen molar-refractivity contribution in [3.63, 3.8) is 0 Å². The maximum atomic E-state index is 7.50. The standard InChI is InChI=1S/C14H16.3CO.Cr/c1-3-4-6-12-7-5-8-13-10-9-11(2)14(12)13;3*1-2;/h3,5,7-8H,1-2,4,6,9-10H2;;;;. The van der Waals surface area contributed by atoms with Gasteiger partial charge in [0, 0.05) is 23.3 Å². The van der Waals surface area contributed by atoms with Crippen molar-refractivity contribution in [3.8, 4) is 0 Å². The van der Waals surface area contributed by atoms with Crippen molar-refractivity contribution in [1.29, 1.82) is 0 Å². The average molecular weight is 320 g/mol.